The highest BCUT2D eigenvalue weighted by Crippen LogP contribution is 2.23. The Morgan fingerprint density at radius 2 is 1.68 bits per heavy atom. The van der Waals surface area contributed by atoms with Crippen LogP contribution in [0, 0.1) is 13.8 Å². The third-order valence-electron chi connectivity index (χ3n) is 3.62. The Kier molecular flexibility index (Phi) is 6.73. The first-order valence-electron chi connectivity index (χ1n) is 7.78. The largest absolute Gasteiger partial charge is 0.347 e. The van der Waals surface area contributed by atoms with Crippen molar-refractivity contribution in [3.8, 4) is 0 Å². The number of carbonyl (C=O) groups is 3. The molecule has 2 N–H and O–H groups in total. The molecule has 1 heterocycles. The third-order valence-corrected chi connectivity index (χ3v) is 4.89. The Morgan fingerprint density at radius 1 is 1.00 bits per heavy atom. The zero-order valence-corrected chi connectivity index (χ0v) is 15.6. The predicted octanol–water partition coefficient (Wildman–Crippen LogP) is 3.74. The molecule has 5 nitrogen and oxygen atoms in total. The Bertz CT molecular complexity index is 781. The van der Waals surface area contributed by atoms with E-state index in [2.05, 4.69) is 10.6 Å². The molecule has 0 saturated heterocycles. The summed E-state index contributed by atoms with van der Waals surface area (Å²) in [6.07, 6.45) is 0.117. The number of aryl methyl sites for hydroxylation is 2. The van der Waals surface area contributed by atoms with E-state index in [1.54, 1.807) is 12.1 Å². The minimum absolute atomic E-state index is 0.0328. The zero-order valence-electron chi connectivity index (χ0n) is 14.0. The van der Waals surface area contributed by atoms with E-state index in [0.29, 0.717) is 9.21 Å². The van der Waals surface area contributed by atoms with Gasteiger partial charge in [0.1, 0.15) is 0 Å². The van der Waals surface area contributed by atoms with Gasteiger partial charge >= 0.3 is 0 Å². The van der Waals surface area contributed by atoms with Crippen LogP contribution < -0.4 is 10.6 Å². The molecule has 2 rings (SSSR count). The smallest absolute Gasteiger partial charge is 0.243 e. The Labute approximate surface area is 155 Å². The molecule has 0 radical (unpaired) electrons. The number of hydrogen-bond acceptors (Lipinski definition) is 4. The number of amides is 2. The van der Waals surface area contributed by atoms with Crippen molar-refractivity contribution in [1.82, 2.24) is 5.32 Å². The van der Waals surface area contributed by atoms with Crippen molar-refractivity contribution in [2.75, 3.05) is 11.9 Å². The van der Waals surface area contributed by atoms with Crippen molar-refractivity contribution in [3.63, 3.8) is 0 Å². The van der Waals surface area contributed by atoms with Crippen LogP contribution in [0.2, 0.25) is 4.34 Å². The highest BCUT2D eigenvalue weighted by atomic mass is 35.5. The normalized spacial score (nSPS) is 10.4. The number of para-hydroxylation sites is 1. The molecule has 2 amide bonds. The van der Waals surface area contributed by atoms with Crippen LogP contribution in [-0.2, 0) is 9.59 Å². The van der Waals surface area contributed by atoms with Gasteiger partial charge < -0.3 is 10.6 Å². The van der Waals surface area contributed by atoms with Crippen LogP contribution in [0.4, 0.5) is 5.69 Å². The van der Waals surface area contributed by atoms with E-state index in [-0.39, 0.29) is 37.0 Å². The minimum Gasteiger partial charge on any atom is -0.347 e. The van der Waals surface area contributed by atoms with Gasteiger partial charge in [-0.3, -0.25) is 14.4 Å². The number of ketones is 1. The lowest BCUT2D eigenvalue weighted by molar-refractivity contribution is -0.124. The van der Waals surface area contributed by atoms with Gasteiger partial charge in [-0.15, -0.1) is 11.3 Å². The van der Waals surface area contributed by atoms with Crippen LogP contribution in [-0.4, -0.2) is 24.1 Å². The second-order valence-electron chi connectivity index (χ2n) is 5.62. The van der Waals surface area contributed by atoms with Crippen LogP contribution in [0.15, 0.2) is 30.3 Å². The van der Waals surface area contributed by atoms with Gasteiger partial charge in [0.05, 0.1) is 15.8 Å². The summed E-state index contributed by atoms with van der Waals surface area (Å²) in [6.45, 7) is 3.68. The maximum atomic E-state index is 12.0. The van der Waals surface area contributed by atoms with Gasteiger partial charge in [-0.1, -0.05) is 29.8 Å². The monoisotopic (exact) mass is 378 g/mol. The van der Waals surface area contributed by atoms with Gasteiger partial charge in [0.25, 0.3) is 0 Å². The number of carbonyl (C=O) groups excluding carboxylic acids is 3. The topological polar surface area (TPSA) is 75.3 Å². The molecule has 0 spiro atoms. The molecule has 7 heteroatoms. The Hall–Kier alpha value is -2.18. The van der Waals surface area contributed by atoms with Crippen molar-refractivity contribution >= 4 is 46.2 Å². The molecule has 0 unspecified atom stereocenters. The molecule has 0 bridgehead atoms. The first-order chi connectivity index (χ1) is 11.9. The quantitative estimate of drug-likeness (QED) is 0.721. The summed E-state index contributed by atoms with van der Waals surface area (Å²) in [5.41, 5.74) is 2.67. The standard InChI is InChI=1S/C18H19ClN2O3S/c1-11-4-3-5-12(2)18(11)21-17(24)10-20-16(23)9-6-13(22)14-7-8-15(19)25-14/h3-5,7-8H,6,9-10H2,1-2H3,(H,20,23)(H,21,24). The van der Waals surface area contributed by atoms with Crippen LogP contribution in [0.3, 0.4) is 0 Å². The maximum absolute atomic E-state index is 12.0. The summed E-state index contributed by atoms with van der Waals surface area (Å²) in [5, 5.41) is 5.32. The van der Waals surface area contributed by atoms with Crippen LogP contribution in [0.25, 0.3) is 0 Å². The second-order valence-corrected chi connectivity index (χ2v) is 7.33. The number of rotatable bonds is 7. The van der Waals surface area contributed by atoms with Crippen molar-refractivity contribution in [2.45, 2.75) is 26.7 Å². The number of hydrogen-bond donors (Lipinski definition) is 2. The van der Waals surface area contributed by atoms with Gasteiger partial charge in [0.15, 0.2) is 5.78 Å². The van der Waals surface area contributed by atoms with Crippen LogP contribution >= 0.6 is 22.9 Å². The molecule has 0 aliphatic heterocycles. The average molecular weight is 379 g/mol. The molecule has 25 heavy (non-hydrogen) atoms. The molecule has 132 valence electrons. The lowest BCUT2D eigenvalue weighted by Crippen LogP contribution is -2.33. The fourth-order valence-corrected chi connectivity index (χ4v) is 3.29. The molecule has 0 aliphatic rings. The van der Waals surface area contributed by atoms with Crippen molar-refractivity contribution < 1.29 is 14.4 Å². The minimum atomic E-state index is -0.340. The van der Waals surface area contributed by atoms with E-state index < -0.39 is 0 Å². The lowest BCUT2D eigenvalue weighted by atomic mass is 10.1. The van der Waals surface area contributed by atoms with Crippen LogP contribution in [0.1, 0.15) is 33.6 Å². The molecule has 1 aromatic heterocycles. The first-order valence-corrected chi connectivity index (χ1v) is 8.97. The molecule has 2 aromatic rings. The highest BCUT2D eigenvalue weighted by molar-refractivity contribution is 7.18. The van der Waals surface area contributed by atoms with E-state index in [4.69, 9.17) is 11.6 Å². The fraction of sp³-hybridized carbons (Fsp3) is 0.278. The molecule has 0 saturated carbocycles. The van der Waals surface area contributed by atoms with E-state index >= 15 is 0 Å². The number of halogens is 1. The predicted molar refractivity (Wildman–Crippen MR) is 100 cm³/mol. The Morgan fingerprint density at radius 3 is 2.28 bits per heavy atom. The summed E-state index contributed by atoms with van der Waals surface area (Å²) in [4.78, 5) is 36.2. The molecule has 1 aromatic carbocycles. The summed E-state index contributed by atoms with van der Waals surface area (Å²) in [5.74, 6) is -0.776. The van der Waals surface area contributed by atoms with Gasteiger partial charge in [-0.25, -0.2) is 0 Å². The third kappa shape index (κ3) is 5.69. The number of benzene rings is 1. The second kappa shape index (κ2) is 8.78. The number of thiophene rings is 1. The van der Waals surface area contributed by atoms with Gasteiger partial charge in [-0.05, 0) is 37.1 Å². The van der Waals surface area contributed by atoms with Crippen molar-refractivity contribution in [2.24, 2.45) is 0 Å². The van der Waals surface area contributed by atoms with Gasteiger partial charge in [-0.2, -0.15) is 0 Å². The van der Waals surface area contributed by atoms with E-state index in [1.165, 1.54) is 11.3 Å². The molecule has 0 fully saturated rings. The summed E-state index contributed by atoms with van der Waals surface area (Å²) >= 11 is 6.97. The number of Topliss-reactive ketones (excluding diaryl/α,β-unsaturated/α-hetero) is 1. The number of nitrogens with one attached hydrogen (secondary N) is 2. The Balaban J connectivity index is 1.76. The van der Waals surface area contributed by atoms with Crippen LogP contribution in [0.5, 0.6) is 0 Å². The van der Waals surface area contributed by atoms with Gasteiger partial charge in [0, 0.05) is 18.5 Å². The summed E-state index contributed by atoms with van der Waals surface area (Å²) in [7, 11) is 0. The van der Waals surface area contributed by atoms with E-state index in [9.17, 15) is 14.4 Å². The first kappa shape index (κ1) is 19.1. The lowest BCUT2D eigenvalue weighted by Gasteiger charge is -2.11. The molecular formula is C18H19ClN2O3S. The van der Waals surface area contributed by atoms with Gasteiger partial charge in [0.2, 0.25) is 11.8 Å². The summed E-state index contributed by atoms with van der Waals surface area (Å²) < 4.78 is 0.538. The summed E-state index contributed by atoms with van der Waals surface area (Å²) in [6, 6.07) is 9.02. The van der Waals surface area contributed by atoms with Crippen molar-refractivity contribution in [3.05, 3.63) is 50.7 Å². The average Bonchev–Trinajstić information content (AvgIpc) is 3.01. The highest BCUT2D eigenvalue weighted by Gasteiger charge is 2.13. The molecule has 0 aliphatic carbocycles. The SMILES string of the molecule is Cc1cccc(C)c1NC(=O)CNC(=O)CCC(=O)c1ccc(Cl)s1. The molecular weight excluding hydrogens is 360 g/mol. The molecule has 0 atom stereocenters. The van der Waals surface area contributed by atoms with Crippen molar-refractivity contribution in [1.29, 1.82) is 0 Å². The fourth-order valence-electron chi connectivity index (χ4n) is 2.28. The number of anilines is 1. The van der Waals surface area contributed by atoms with E-state index in [0.717, 1.165) is 16.8 Å². The zero-order chi connectivity index (χ0) is 18.4. The maximum Gasteiger partial charge on any atom is 0.243 e. The van der Waals surface area contributed by atoms with E-state index in [1.807, 2.05) is 32.0 Å².